The summed E-state index contributed by atoms with van der Waals surface area (Å²) >= 11 is 0. The van der Waals surface area contributed by atoms with Crippen LogP contribution < -0.4 is 10.6 Å². The molecule has 1 atom stereocenters. The van der Waals surface area contributed by atoms with Gasteiger partial charge in [0, 0.05) is 6.54 Å². The molecule has 1 saturated heterocycles. The summed E-state index contributed by atoms with van der Waals surface area (Å²) in [5.41, 5.74) is 0.0537. The highest BCUT2D eigenvalue weighted by Crippen LogP contribution is 2.20. The summed E-state index contributed by atoms with van der Waals surface area (Å²) in [5, 5.41) is 5.32. The van der Waals surface area contributed by atoms with Crippen molar-refractivity contribution in [2.75, 3.05) is 6.54 Å². The number of carbonyl (C=O) groups excluding carboxylic acids is 3. The largest absolute Gasteiger partial charge is 0.350 e. The van der Waals surface area contributed by atoms with Crippen LogP contribution in [-0.4, -0.2) is 34.8 Å². The van der Waals surface area contributed by atoms with Gasteiger partial charge in [-0.1, -0.05) is 37.3 Å². The van der Waals surface area contributed by atoms with Gasteiger partial charge in [0.15, 0.2) is 0 Å². The van der Waals surface area contributed by atoms with Crippen LogP contribution in [0.1, 0.15) is 25.8 Å². The number of benzene rings is 1. The Bertz CT molecular complexity index is 559. The first-order chi connectivity index (χ1) is 9.96. The van der Waals surface area contributed by atoms with Gasteiger partial charge in [-0.15, -0.1) is 0 Å². The third-order valence-corrected chi connectivity index (χ3v) is 3.69. The first-order valence-corrected chi connectivity index (χ1v) is 6.91. The summed E-state index contributed by atoms with van der Waals surface area (Å²) < 4.78 is 0. The number of amides is 4. The van der Waals surface area contributed by atoms with Crippen molar-refractivity contribution in [3.63, 3.8) is 0 Å². The highest BCUT2D eigenvalue weighted by atomic mass is 16.2. The molecule has 2 rings (SSSR count). The predicted molar refractivity (Wildman–Crippen MR) is 77.2 cm³/mol. The van der Waals surface area contributed by atoms with E-state index < -0.39 is 11.6 Å². The van der Waals surface area contributed by atoms with Gasteiger partial charge in [-0.2, -0.15) is 0 Å². The Kier molecular flexibility index (Phi) is 4.26. The summed E-state index contributed by atoms with van der Waals surface area (Å²) in [7, 11) is 0. The number of urea groups is 1. The molecule has 112 valence electrons. The maximum absolute atomic E-state index is 12.1. The highest BCUT2D eigenvalue weighted by molar-refractivity contribution is 6.08. The normalized spacial score (nSPS) is 21.3. The molecule has 1 heterocycles. The molecule has 0 spiro atoms. The van der Waals surface area contributed by atoms with E-state index in [0.717, 1.165) is 10.5 Å². The van der Waals surface area contributed by atoms with E-state index in [4.69, 9.17) is 0 Å². The summed E-state index contributed by atoms with van der Waals surface area (Å²) in [6.45, 7) is 3.59. The topological polar surface area (TPSA) is 78.5 Å². The molecule has 0 aliphatic carbocycles. The van der Waals surface area contributed by atoms with Gasteiger partial charge < -0.3 is 10.6 Å². The monoisotopic (exact) mass is 289 g/mol. The Morgan fingerprint density at radius 1 is 1.29 bits per heavy atom. The molecule has 1 aromatic carbocycles. The van der Waals surface area contributed by atoms with E-state index in [0.29, 0.717) is 13.0 Å². The third-order valence-electron chi connectivity index (χ3n) is 3.69. The van der Waals surface area contributed by atoms with Crippen molar-refractivity contribution in [1.82, 2.24) is 15.5 Å². The van der Waals surface area contributed by atoms with Crippen LogP contribution in [-0.2, 0) is 16.1 Å². The second kappa shape index (κ2) is 5.95. The second-order valence-corrected chi connectivity index (χ2v) is 5.27. The van der Waals surface area contributed by atoms with Gasteiger partial charge in [-0.05, 0) is 18.9 Å². The molecule has 1 aliphatic heterocycles. The van der Waals surface area contributed by atoms with Crippen molar-refractivity contribution in [1.29, 1.82) is 0 Å². The smallest absolute Gasteiger partial charge is 0.325 e. The van der Waals surface area contributed by atoms with Crippen molar-refractivity contribution >= 4 is 17.8 Å². The van der Waals surface area contributed by atoms with Crippen molar-refractivity contribution in [2.45, 2.75) is 32.4 Å². The van der Waals surface area contributed by atoms with Gasteiger partial charge in [0.05, 0.1) is 0 Å². The lowest BCUT2D eigenvalue weighted by atomic mass is 9.99. The number of carbonyl (C=O) groups is 3. The van der Waals surface area contributed by atoms with E-state index in [1.54, 1.807) is 6.92 Å². The first kappa shape index (κ1) is 15.0. The van der Waals surface area contributed by atoms with Crippen LogP contribution in [0.15, 0.2) is 30.3 Å². The van der Waals surface area contributed by atoms with Crippen molar-refractivity contribution in [3.05, 3.63) is 35.9 Å². The van der Waals surface area contributed by atoms with E-state index in [9.17, 15) is 14.4 Å². The number of imide groups is 1. The minimum atomic E-state index is -0.906. The summed E-state index contributed by atoms with van der Waals surface area (Å²) in [6.07, 6.45) is 0.486. The van der Waals surface area contributed by atoms with E-state index in [2.05, 4.69) is 10.6 Å². The van der Waals surface area contributed by atoms with Gasteiger partial charge in [0.25, 0.3) is 5.91 Å². The molecule has 21 heavy (non-hydrogen) atoms. The average Bonchev–Trinajstić information content (AvgIpc) is 2.70. The van der Waals surface area contributed by atoms with Crippen molar-refractivity contribution < 1.29 is 14.4 Å². The van der Waals surface area contributed by atoms with E-state index in [1.807, 2.05) is 37.3 Å². The second-order valence-electron chi connectivity index (χ2n) is 5.27. The predicted octanol–water partition coefficient (Wildman–Crippen LogP) is 1.02. The van der Waals surface area contributed by atoms with Gasteiger partial charge in [0.2, 0.25) is 5.91 Å². The maximum atomic E-state index is 12.1. The number of nitrogens with zero attached hydrogens (tertiary/aromatic N) is 1. The molecule has 4 amide bonds. The minimum Gasteiger partial charge on any atom is -0.350 e. The standard InChI is InChI=1S/C15H19N3O3/c1-3-15(2)13(20)18(14(21)17-15)10-12(19)16-9-11-7-5-4-6-8-11/h4-8H,3,9-10H2,1-2H3,(H,16,19)(H,17,21)/t15-/m0/s1. The Morgan fingerprint density at radius 3 is 2.52 bits per heavy atom. The van der Waals surface area contributed by atoms with Crippen LogP contribution in [0.3, 0.4) is 0 Å². The Morgan fingerprint density at radius 2 is 1.95 bits per heavy atom. The molecule has 0 bridgehead atoms. The fraction of sp³-hybridized carbons (Fsp3) is 0.400. The molecular weight excluding hydrogens is 270 g/mol. The van der Waals surface area contributed by atoms with Gasteiger partial charge >= 0.3 is 6.03 Å². The molecule has 1 fully saturated rings. The lowest BCUT2D eigenvalue weighted by Crippen LogP contribution is -2.44. The molecule has 0 unspecified atom stereocenters. The molecule has 2 N–H and O–H groups in total. The van der Waals surface area contributed by atoms with Crippen LogP contribution in [0.4, 0.5) is 4.79 Å². The Balaban J connectivity index is 1.91. The number of nitrogens with one attached hydrogen (secondary N) is 2. The summed E-state index contributed by atoms with van der Waals surface area (Å²) in [4.78, 5) is 36.8. The van der Waals surface area contributed by atoms with Gasteiger partial charge in [-0.25, -0.2) is 4.79 Å². The molecule has 6 heteroatoms. The first-order valence-electron chi connectivity index (χ1n) is 6.91. The minimum absolute atomic E-state index is 0.257. The Labute approximate surface area is 123 Å². The quantitative estimate of drug-likeness (QED) is 0.794. The van der Waals surface area contributed by atoms with E-state index >= 15 is 0 Å². The van der Waals surface area contributed by atoms with Crippen LogP contribution >= 0.6 is 0 Å². The van der Waals surface area contributed by atoms with Crippen molar-refractivity contribution in [3.8, 4) is 0 Å². The summed E-state index contributed by atoms with van der Waals surface area (Å²) in [5.74, 6) is -0.715. The van der Waals surface area contributed by atoms with E-state index in [-0.39, 0.29) is 18.4 Å². The zero-order valence-corrected chi connectivity index (χ0v) is 12.2. The van der Waals surface area contributed by atoms with Crippen LogP contribution in [0.25, 0.3) is 0 Å². The van der Waals surface area contributed by atoms with Crippen LogP contribution in [0.2, 0.25) is 0 Å². The van der Waals surface area contributed by atoms with Crippen LogP contribution in [0.5, 0.6) is 0 Å². The fourth-order valence-corrected chi connectivity index (χ4v) is 2.13. The SMILES string of the molecule is CC[C@]1(C)NC(=O)N(CC(=O)NCc2ccccc2)C1=O. The molecular formula is C15H19N3O3. The third kappa shape index (κ3) is 3.21. The number of hydrogen-bond donors (Lipinski definition) is 2. The lowest BCUT2D eigenvalue weighted by Gasteiger charge is -2.19. The lowest BCUT2D eigenvalue weighted by molar-refractivity contribution is -0.134. The van der Waals surface area contributed by atoms with E-state index in [1.165, 1.54) is 0 Å². The highest BCUT2D eigenvalue weighted by Gasteiger charge is 2.46. The summed E-state index contributed by atoms with van der Waals surface area (Å²) in [6, 6.07) is 8.92. The molecule has 1 aliphatic rings. The number of hydrogen-bond acceptors (Lipinski definition) is 3. The van der Waals surface area contributed by atoms with Crippen LogP contribution in [0, 0.1) is 0 Å². The average molecular weight is 289 g/mol. The molecule has 0 radical (unpaired) electrons. The molecule has 0 saturated carbocycles. The fourth-order valence-electron chi connectivity index (χ4n) is 2.13. The maximum Gasteiger partial charge on any atom is 0.325 e. The molecule has 0 aromatic heterocycles. The number of rotatable bonds is 5. The van der Waals surface area contributed by atoms with Crippen molar-refractivity contribution in [2.24, 2.45) is 0 Å². The van der Waals surface area contributed by atoms with Gasteiger partial charge in [0.1, 0.15) is 12.1 Å². The molecule has 6 nitrogen and oxygen atoms in total. The molecule has 1 aromatic rings. The Hall–Kier alpha value is -2.37. The zero-order chi connectivity index (χ0) is 15.5. The zero-order valence-electron chi connectivity index (χ0n) is 12.2. The van der Waals surface area contributed by atoms with Gasteiger partial charge in [-0.3, -0.25) is 14.5 Å².